The van der Waals surface area contributed by atoms with Crippen molar-refractivity contribution in [1.29, 1.82) is 0 Å². The topological polar surface area (TPSA) is 83.0 Å². The predicted octanol–water partition coefficient (Wildman–Crippen LogP) is 1.22. The minimum absolute atomic E-state index is 0.0161. The van der Waals surface area contributed by atoms with E-state index in [0.717, 1.165) is 0 Å². The van der Waals surface area contributed by atoms with Gasteiger partial charge in [0.2, 0.25) is 0 Å². The summed E-state index contributed by atoms with van der Waals surface area (Å²) in [6, 6.07) is 0. The SMILES string of the molecule is CC(C)(C)c1nc(C(=O)O)c(C=O)[nH]1. The molecule has 0 spiro atoms. The molecule has 76 valence electrons. The van der Waals surface area contributed by atoms with Crippen molar-refractivity contribution in [2.45, 2.75) is 26.2 Å². The molecular weight excluding hydrogens is 184 g/mol. The van der Waals surface area contributed by atoms with Gasteiger partial charge in [0.05, 0.1) is 0 Å². The van der Waals surface area contributed by atoms with Gasteiger partial charge in [-0.2, -0.15) is 0 Å². The Labute approximate surface area is 81.2 Å². The molecule has 0 saturated heterocycles. The Bertz CT molecular complexity index is 374. The number of rotatable bonds is 2. The zero-order valence-corrected chi connectivity index (χ0v) is 8.29. The predicted molar refractivity (Wildman–Crippen MR) is 49.6 cm³/mol. The molecule has 14 heavy (non-hydrogen) atoms. The second-order valence-corrected chi connectivity index (χ2v) is 4.02. The summed E-state index contributed by atoms with van der Waals surface area (Å²) in [6.07, 6.45) is 0.464. The lowest BCUT2D eigenvalue weighted by Gasteiger charge is -2.13. The number of imidazole rings is 1. The Balaban J connectivity index is 3.27. The molecule has 0 radical (unpaired) electrons. The molecule has 5 heteroatoms. The largest absolute Gasteiger partial charge is 0.476 e. The quantitative estimate of drug-likeness (QED) is 0.696. The van der Waals surface area contributed by atoms with Crippen molar-refractivity contribution in [2.24, 2.45) is 0 Å². The van der Waals surface area contributed by atoms with Gasteiger partial charge >= 0.3 is 5.97 Å². The number of aldehydes is 1. The van der Waals surface area contributed by atoms with Crippen molar-refractivity contribution in [3.8, 4) is 0 Å². The first-order valence-corrected chi connectivity index (χ1v) is 4.15. The van der Waals surface area contributed by atoms with Crippen LogP contribution in [0.25, 0.3) is 0 Å². The number of aromatic nitrogens is 2. The van der Waals surface area contributed by atoms with Crippen LogP contribution in [-0.2, 0) is 5.41 Å². The van der Waals surface area contributed by atoms with Crippen LogP contribution in [0.2, 0.25) is 0 Å². The number of hydrogen-bond acceptors (Lipinski definition) is 3. The zero-order valence-electron chi connectivity index (χ0n) is 8.29. The van der Waals surface area contributed by atoms with Crippen LogP contribution < -0.4 is 0 Å². The van der Waals surface area contributed by atoms with Gasteiger partial charge in [-0.1, -0.05) is 20.8 Å². The first kappa shape index (κ1) is 10.4. The Hall–Kier alpha value is -1.65. The maximum atomic E-state index is 10.7. The van der Waals surface area contributed by atoms with Crippen molar-refractivity contribution in [1.82, 2.24) is 9.97 Å². The summed E-state index contributed by atoms with van der Waals surface area (Å²) >= 11 is 0. The third kappa shape index (κ3) is 1.81. The standard InChI is InChI=1S/C9H12N2O3/c1-9(2,3)8-10-5(4-12)6(11-8)7(13)14/h4H,1-3H3,(H,10,11)(H,13,14). The van der Waals surface area contributed by atoms with Gasteiger partial charge in [-0.3, -0.25) is 4.79 Å². The molecule has 2 N–H and O–H groups in total. The van der Waals surface area contributed by atoms with Gasteiger partial charge < -0.3 is 10.1 Å². The molecule has 0 atom stereocenters. The van der Waals surface area contributed by atoms with E-state index in [9.17, 15) is 9.59 Å². The van der Waals surface area contributed by atoms with Gasteiger partial charge in [0, 0.05) is 5.41 Å². The Morgan fingerprint density at radius 3 is 2.36 bits per heavy atom. The molecule has 5 nitrogen and oxygen atoms in total. The Morgan fingerprint density at radius 1 is 1.50 bits per heavy atom. The van der Waals surface area contributed by atoms with E-state index in [1.54, 1.807) is 0 Å². The van der Waals surface area contributed by atoms with Gasteiger partial charge in [-0.25, -0.2) is 9.78 Å². The number of carbonyl (C=O) groups is 2. The highest BCUT2D eigenvalue weighted by Gasteiger charge is 2.23. The van der Waals surface area contributed by atoms with Crippen molar-refractivity contribution in [3.05, 3.63) is 17.2 Å². The van der Waals surface area contributed by atoms with Crippen molar-refractivity contribution < 1.29 is 14.7 Å². The maximum Gasteiger partial charge on any atom is 0.356 e. The monoisotopic (exact) mass is 196 g/mol. The summed E-state index contributed by atoms with van der Waals surface area (Å²) in [7, 11) is 0. The number of nitrogens with one attached hydrogen (secondary N) is 1. The van der Waals surface area contributed by atoms with Crippen molar-refractivity contribution in [2.75, 3.05) is 0 Å². The van der Waals surface area contributed by atoms with Crippen LogP contribution in [0.1, 0.15) is 47.6 Å². The fourth-order valence-corrected chi connectivity index (χ4v) is 0.990. The van der Waals surface area contributed by atoms with Gasteiger partial charge in [0.25, 0.3) is 0 Å². The number of aromatic amines is 1. The van der Waals surface area contributed by atoms with Crippen LogP contribution >= 0.6 is 0 Å². The van der Waals surface area contributed by atoms with Gasteiger partial charge in [-0.05, 0) is 0 Å². The summed E-state index contributed by atoms with van der Waals surface area (Å²) in [6.45, 7) is 5.64. The second kappa shape index (κ2) is 3.25. The van der Waals surface area contributed by atoms with Crippen LogP contribution in [0.15, 0.2) is 0 Å². The van der Waals surface area contributed by atoms with Crippen LogP contribution in [0.4, 0.5) is 0 Å². The molecule has 0 aliphatic rings. The van der Waals surface area contributed by atoms with E-state index < -0.39 is 5.97 Å². The summed E-state index contributed by atoms with van der Waals surface area (Å²) < 4.78 is 0. The van der Waals surface area contributed by atoms with E-state index in [4.69, 9.17) is 5.11 Å². The van der Waals surface area contributed by atoms with Crippen molar-refractivity contribution >= 4 is 12.3 Å². The van der Waals surface area contributed by atoms with E-state index in [-0.39, 0.29) is 16.8 Å². The van der Waals surface area contributed by atoms with Crippen molar-refractivity contribution in [3.63, 3.8) is 0 Å². The molecule has 0 bridgehead atoms. The molecule has 0 amide bonds. The highest BCUT2D eigenvalue weighted by Crippen LogP contribution is 2.20. The average molecular weight is 196 g/mol. The van der Waals surface area contributed by atoms with Crippen LogP contribution in [-0.4, -0.2) is 27.3 Å². The molecule has 0 saturated carbocycles. The summed E-state index contributed by atoms with van der Waals surface area (Å²) in [5, 5.41) is 8.73. The van der Waals surface area contributed by atoms with Crippen LogP contribution in [0, 0.1) is 0 Å². The number of carbonyl (C=O) groups excluding carboxylic acids is 1. The minimum Gasteiger partial charge on any atom is -0.476 e. The van der Waals surface area contributed by atoms with E-state index in [1.807, 2.05) is 20.8 Å². The number of hydrogen-bond donors (Lipinski definition) is 2. The summed E-state index contributed by atoms with van der Waals surface area (Å²) in [5.41, 5.74) is -0.502. The number of carboxylic acids is 1. The molecule has 1 aromatic heterocycles. The van der Waals surface area contributed by atoms with Gasteiger partial charge in [-0.15, -0.1) is 0 Å². The summed E-state index contributed by atoms with van der Waals surface area (Å²) in [5.74, 6) is -0.698. The summed E-state index contributed by atoms with van der Waals surface area (Å²) in [4.78, 5) is 27.8. The first-order valence-electron chi connectivity index (χ1n) is 4.15. The van der Waals surface area contributed by atoms with Gasteiger partial charge in [0.15, 0.2) is 12.0 Å². The second-order valence-electron chi connectivity index (χ2n) is 4.02. The molecule has 1 aromatic rings. The fraction of sp³-hybridized carbons (Fsp3) is 0.444. The van der Waals surface area contributed by atoms with Crippen LogP contribution in [0.3, 0.4) is 0 Å². The minimum atomic E-state index is -1.20. The Morgan fingerprint density at radius 2 is 2.07 bits per heavy atom. The maximum absolute atomic E-state index is 10.7. The third-order valence-corrected chi connectivity index (χ3v) is 1.76. The highest BCUT2D eigenvalue weighted by molar-refractivity contribution is 5.94. The Kier molecular flexibility index (Phi) is 2.42. The molecule has 1 rings (SSSR count). The smallest absolute Gasteiger partial charge is 0.356 e. The number of nitrogens with zero attached hydrogens (tertiary/aromatic N) is 1. The van der Waals surface area contributed by atoms with E-state index in [0.29, 0.717) is 12.1 Å². The van der Waals surface area contributed by atoms with Gasteiger partial charge in [0.1, 0.15) is 11.5 Å². The third-order valence-electron chi connectivity index (χ3n) is 1.76. The average Bonchev–Trinajstić information content (AvgIpc) is 2.45. The molecule has 0 aromatic carbocycles. The number of carboxylic acid groups (broad SMARTS) is 1. The first-order chi connectivity index (χ1) is 6.36. The van der Waals surface area contributed by atoms with E-state index in [2.05, 4.69) is 9.97 Å². The van der Waals surface area contributed by atoms with Crippen LogP contribution in [0.5, 0.6) is 0 Å². The molecular formula is C9H12N2O3. The fourth-order valence-electron chi connectivity index (χ4n) is 0.990. The number of H-pyrrole nitrogens is 1. The normalized spacial score (nSPS) is 11.4. The molecule has 0 fully saturated rings. The lowest BCUT2D eigenvalue weighted by molar-refractivity contribution is 0.0688. The van der Waals surface area contributed by atoms with E-state index in [1.165, 1.54) is 0 Å². The number of aromatic carboxylic acids is 1. The molecule has 0 unspecified atom stereocenters. The molecule has 1 heterocycles. The molecule has 0 aliphatic carbocycles. The lowest BCUT2D eigenvalue weighted by atomic mass is 9.96. The zero-order chi connectivity index (χ0) is 10.9. The highest BCUT2D eigenvalue weighted by atomic mass is 16.4. The lowest BCUT2D eigenvalue weighted by Crippen LogP contribution is -2.13. The van der Waals surface area contributed by atoms with E-state index >= 15 is 0 Å². The molecule has 0 aliphatic heterocycles.